The molecule has 1 N–H and O–H groups in total. The molecule has 62 valence electrons. The van der Waals surface area contributed by atoms with Crippen molar-refractivity contribution in [1.29, 1.82) is 0 Å². The van der Waals surface area contributed by atoms with E-state index in [-0.39, 0.29) is 0 Å². The summed E-state index contributed by atoms with van der Waals surface area (Å²) in [4.78, 5) is 0. The fourth-order valence-electron chi connectivity index (χ4n) is 0.258. The van der Waals surface area contributed by atoms with Crippen LogP contribution < -0.4 is 0 Å². The van der Waals surface area contributed by atoms with E-state index in [1.165, 1.54) is 0 Å². The first-order valence-electron chi connectivity index (χ1n) is 2.64. The normalized spacial score (nSPS) is 13.8. The average molecular weight is 158 g/mol. The number of rotatable bonds is 2. The molecule has 0 amide bonds. The summed E-state index contributed by atoms with van der Waals surface area (Å²) in [7, 11) is 0. The van der Waals surface area contributed by atoms with Crippen LogP contribution >= 0.6 is 0 Å². The topological polar surface area (TPSA) is 29.5 Å². The van der Waals surface area contributed by atoms with Gasteiger partial charge >= 0.3 is 6.18 Å². The average Bonchev–Trinajstić information content (AvgIpc) is 1.57. The van der Waals surface area contributed by atoms with E-state index < -0.39 is 18.6 Å². The lowest BCUT2D eigenvalue weighted by Gasteiger charge is -2.18. The van der Waals surface area contributed by atoms with E-state index in [4.69, 9.17) is 5.11 Å². The maximum atomic E-state index is 11.3. The lowest BCUT2D eigenvalue weighted by molar-refractivity contribution is -0.251. The van der Waals surface area contributed by atoms with Crippen LogP contribution in [-0.2, 0) is 4.74 Å². The van der Waals surface area contributed by atoms with Crippen LogP contribution in [0.15, 0.2) is 0 Å². The highest BCUT2D eigenvalue weighted by Crippen LogP contribution is 2.17. The van der Waals surface area contributed by atoms with Gasteiger partial charge in [0, 0.05) is 0 Å². The molecule has 0 aromatic heterocycles. The molecule has 0 fully saturated rings. The third-order valence-corrected chi connectivity index (χ3v) is 0.589. The largest absolute Gasteiger partial charge is 0.411 e. The van der Waals surface area contributed by atoms with E-state index >= 15 is 0 Å². The van der Waals surface area contributed by atoms with Crippen LogP contribution in [0.25, 0.3) is 0 Å². The van der Waals surface area contributed by atoms with Crippen LogP contribution in [0.5, 0.6) is 0 Å². The van der Waals surface area contributed by atoms with Gasteiger partial charge in [-0.1, -0.05) is 0 Å². The summed E-state index contributed by atoms with van der Waals surface area (Å²) in [5.41, 5.74) is 0. The van der Waals surface area contributed by atoms with Crippen molar-refractivity contribution < 1.29 is 23.0 Å². The van der Waals surface area contributed by atoms with Gasteiger partial charge in [-0.25, -0.2) is 0 Å². The second-order valence-electron chi connectivity index (χ2n) is 2.35. The van der Waals surface area contributed by atoms with Crippen LogP contribution in [0, 0.1) is 0 Å². The van der Waals surface area contributed by atoms with Gasteiger partial charge in [0.15, 0.2) is 5.79 Å². The van der Waals surface area contributed by atoms with E-state index in [0.717, 1.165) is 13.8 Å². The van der Waals surface area contributed by atoms with Gasteiger partial charge in [0.2, 0.25) is 0 Å². The Morgan fingerprint density at radius 2 is 1.70 bits per heavy atom. The van der Waals surface area contributed by atoms with Crippen LogP contribution in [-0.4, -0.2) is 23.7 Å². The van der Waals surface area contributed by atoms with Gasteiger partial charge in [-0.2, -0.15) is 13.2 Å². The minimum Gasteiger partial charge on any atom is -0.366 e. The SMILES string of the molecule is CC(C)(O)OCC(F)(F)F. The first-order chi connectivity index (χ1) is 4.21. The Balaban J connectivity index is 3.56. The van der Waals surface area contributed by atoms with Crippen molar-refractivity contribution in [2.75, 3.05) is 6.61 Å². The van der Waals surface area contributed by atoms with Gasteiger partial charge in [-0.15, -0.1) is 0 Å². The number of ether oxygens (including phenoxy) is 1. The molecular formula is C5H9F3O2. The molecule has 0 unspecified atom stereocenters. The Bertz CT molecular complexity index is 88.4. The molecule has 0 bridgehead atoms. The highest BCUT2D eigenvalue weighted by molar-refractivity contribution is 4.52. The summed E-state index contributed by atoms with van der Waals surface area (Å²) in [5.74, 6) is -1.71. The van der Waals surface area contributed by atoms with Crippen molar-refractivity contribution in [3.8, 4) is 0 Å². The minimum atomic E-state index is -4.38. The van der Waals surface area contributed by atoms with Gasteiger partial charge in [0.25, 0.3) is 0 Å². The maximum absolute atomic E-state index is 11.3. The smallest absolute Gasteiger partial charge is 0.366 e. The summed E-state index contributed by atoms with van der Waals surface area (Å²) in [6.07, 6.45) is -4.38. The standard InChI is InChI=1S/C5H9F3O2/c1-4(2,9)10-3-5(6,7)8/h9H,3H2,1-2H3. The Hall–Kier alpha value is -0.290. The predicted octanol–water partition coefficient (Wildman–Crippen LogP) is 1.29. The van der Waals surface area contributed by atoms with Crippen molar-refractivity contribution in [2.45, 2.75) is 25.8 Å². The Morgan fingerprint density at radius 1 is 1.30 bits per heavy atom. The van der Waals surface area contributed by atoms with Crippen LogP contribution in [0.2, 0.25) is 0 Å². The summed E-state index contributed by atoms with van der Waals surface area (Å²) < 4.78 is 38.1. The summed E-state index contributed by atoms with van der Waals surface area (Å²) in [6, 6.07) is 0. The molecule has 2 nitrogen and oxygen atoms in total. The summed E-state index contributed by atoms with van der Waals surface area (Å²) in [6.45, 7) is 0.855. The number of aliphatic hydroxyl groups is 1. The Kier molecular flexibility index (Phi) is 2.67. The van der Waals surface area contributed by atoms with Gasteiger partial charge in [-0.05, 0) is 13.8 Å². The first kappa shape index (κ1) is 9.71. The first-order valence-corrected chi connectivity index (χ1v) is 2.64. The van der Waals surface area contributed by atoms with Crippen molar-refractivity contribution in [3.63, 3.8) is 0 Å². The molecule has 10 heavy (non-hydrogen) atoms. The zero-order chi connectivity index (χ0) is 8.41. The van der Waals surface area contributed by atoms with Crippen molar-refractivity contribution >= 4 is 0 Å². The zero-order valence-corrected chi connectivity index (χ0v) is 5.70. The van der Waals surface area contributed by atoms with E-state index in [9.17, 15) is 13.2 Å². The van der Waals surface area contributed by atoms with E-state index in [1.54, 1.807) is 0 Å². The van der Waals surface area contributed by atoms with E-state index in [0.29, 0.717) is 0 Å². The highest BCUT2D eigenvalue weighted by atomic mass is 19.4. The summed E-state index contributed by atoms with van der Waals surface area (Å²) >= 11 is 0. The molecule has 0 aliphatic rings. The summed E-state index contributed by atoms with van der Waals surface area (Å²) in [5, 5.41) is 8.66. The quantitative estimate of drug-likeness (QED) is 0.613. The molecule has 5 heteroatoms. The van der Waals surface area contributed by atoms with Crippen LogP contribution in [0.4, 0.5) is 13.2 Å². The lowest BCUT2D eigenvalue weighted by Crippen LogP contribution is -2.29. The molecule has 0 saturated heterocycles. The molecule has 0 rings (SSSR count). The van der Waals surface area contributed by atoms with Crippen LogP contribution in [0.3, 0.4) is 0 Å². The fraction of sp³-hybridized carbons (Fsp3) is 1.00. The Morgan fingerprint density at radius 3 is 1.80 bits per heavy atom. The third-order valence-electron chi connectivity index (χ3n) is 0.589. The molecule has 0 spiro atoms. The second-order valence-corrected chi connectivity index (χ2v) is 2.35. The molecule has 0 radical (unpaired) electrons. The second kappa shape index (κ2) is 2.75. The third kappa shape index (κ3) is 7.71. The maximum Gasteiger partial charge on any atom is 0.411 e. The van der Waals surface area contributed by atoms with Crippen molar-refractivity contribution in [3.05, 3.63) is 0 Å². The molecule has 0 aromatic rings. The monoisotopic (exact) mass is 158 g/mol. The minimum absolute atomic E-state index is 1.14. The molecule has 0 aliphatic carbocycles. The van der Waals surface area contributed by atoms with Crippen molar-refractivity contribution in [1.82, 2.24) is 0 Å². The molecule has 0 aromatic carbocycles. The fourth-order valence-corrected chi connectivity index (χ4v) is 0.258. The molecule has 0 heterocycles. The number of alkyl halides is 3. The Labute approximate surface area is 56.6 Å². The van der Waals surface area contributed by atoms with Gasteiger partial charge in [0.1, 0.15) is 6.61 Å². The molecule has 0 aliphatic heterocycles. The van der Waals surface area contributed by atoms with E-state index in [2.05, 4.69) is 4.74 Å². The van der Waals surface area contributed by atoms with Crippen molar-refractivity contribution in [2.24, 2.45) is 0 Å². The van der Waals surface area contributed by atoms with Gasteiger partial charge < -0.3 is 9.84 Å². The lowest BCUT2D eigenvalue weighted by atomic mass is 10.4. The van der Waals surface area contributed by atoms with Gasteiger partial charge in [-0.3, -0.25) is 0 Å². The predicted molar refractivity (Wildman–Crippen MR) is 28.3 cm³/mol. The van der Waals surface area contributed by atoms with Gasteiger partial charge in [0.05, 0.1) is 0 Å². The van der Waals surface area contributed by atoms with Crippen LogP contribution in [0.1, 0.15) is 13.8 Å². The molecule has 0 atom stereocenters. The zero-order valence-electron chi connectivity index (χ0n) is 5.70. The number of halogens is 3. The molecular weight excluding hydrogens is 149 g/mol. The highest BCUT2D eigenvalue weighted by Gasteiger charge is 2.30. The van der Waals surface area contributed by atoms with E-state index in [1.807, 2.05) is 0 Å². The molecule has 0 saturated carbocycles. The number of hydrogen-bond donors (Lipinski definition) is 1. The number of hydrogen-bond acceptors (Lipinski definition) is 2.